The van der Waals surface area contributed by atoms with E-state index in [0.29, 0.717) is 6.61 Å². The smallest absolute Gasteiger partial charge is 0.344 e. The monoisotopic (exact) mass is 164 g/mol. The van der Waals surface area contributed by atoms with Gasteiger partial charge in [0.05, 0.1) is 6.61 Å². The average molecular weight is 164 g/mol. The molecule has 1 aliphatic carbocycles. The van der Waals surface area contributed by atoms with Crippen molar-refractivity contribution in [3.05, 3.63) is 34.8 Å². The van der Waals surface area contributed by atoms with E-state index in [1.807, 2.05) is 0 Å². The van der Waals surface area contributed by atoms with Crippen LogP contribution < -0.4 is 0 Å². The first-order chi connectivity index (χ1) is 5.74. The molecular weight excluding hydrogens is 156 g/mol. The molecule has 12 heavy (non-hydrogen) atoms. The molecule has 0 aliphatic heterocycles. The Hall–Kier alpha value is -1.53. The molecule has 0 bridgehead atoms. The highest BCUT2D eigenvalue weighted by atomic mass is 16.5. The predicted octanol–water partition coefficient (Wildman–Crippen LogP) is 0.894. The molecule has 0 aromatic carbocycles. The summed E-state index contributed by atoms with van der Waals surface area (Å²) in [5.74, 6) is -0.991. The minimum atomic E-state index is -0.991. The van der Waals surface area contributed by atoms with E-state index < -0.39 is 5.97 Å². The van der Waals surface area contributed by atoms with Gasteiger partial charge in [-0.15, -0.1) is 0 Å². The van der Waals surface area contributed by atoms with Gasteiger partial charge in [0.25, 0.3) is 0 Å². The van der Waals surface area contributed by atoms with Crippen LogP contribution in [0, 0.1) is 0 Å². The minimum absolute atomic E-state index is 0.120. The van der Waals surface area contributed by atoms with E-state index in [1.165, 1.54) is 6.08 Å². The van der Waals surface area contributed by atoms with Crippen LogP contribution in [0.3, 0.4) is 0 Å². The molecular formula is C9H8O3. The summed E-state index contributed by atoms with van der Waals surface area (Å²) in [6.07, 6.45) is 3.14. The van der Waals surface area contributed by atoms with E-state index >= 15 is 0 Å². The van der Waals surface area contributed by atoms with E-state index in [-0.39, 0.29) is 5.57 Å². The fourth-order valence-electron chi connectivity index (χ4n) is 0.779. The third kappa shape index (κ3) is 1.97. The van der Waals surface area contributed by atoms with E-state index in [1.54, 1.807) is 13.2 Å². The molecule has 0 saturated heterocycles. The van der Waals surface area contributed by atoms with Gasteiger partial charge < -0.3 is 9.84 Å². The maximum atomic E-state index is 10.4. The van der Waals surface area contributed by atoms with Crippen molar-refractivity contribution in [1.29, 1.82) is 0 Å². The lowest BCUT2D eigenvalue weighted by Crippen LogP contribution is -1.98. The fraction of sp³-hybridized carbons (Fsp3) is 0.222. The molecule has 0 amide bonds. The molecule has 0 saturated carbocycles. The molecule has 0 unspecified atom stereocenters. The van der Waals surface area contributed by atoms with Gasteiger partial charge in [0.1, 0.15) is 5.57 Å². The standard InChI is InChI=1S/C9H8O3/c1-12-6-7-2-4-8(5-3-7)9(10)11/h2,4H,6H2,1H3,(H,10,11). The van der Waals surface area contributed by atoms with Crippen LogP contribution in [0.15, 0.2) is 34.8 Å². The van der Waals surface area contributed by atoms with E-state index in [2.05, 4.69) is 11.5 Å². The Morgan fingerprint density at radius 3 is 2.75 bits per heavy atom. The SMILES string of the molecule is COCC1=C=C=C(C(=O)O)C=C1. The van der Waals surface area contributed by atoms with Gasteiger partial charge in [0, 0.05) is 12.7 Å². The van der Waals surface area contributed by atoms with Crippen LogP contribution in [-0.4, -0.2) is 24.8 Å². The Bertz CT molecular complexity index is 324. The lowest BCUT2D eigenvalue weighted by molar-refractivity contribution is -0.132. The number of aliphatic carboxylic acids is 1. The molecule has 0 radical (unpaired) electrons. The van der Waals surface area contributed by atoms with E-state index in [4.69, 9.17) is 9.84 Å². The number of rotatable bonds is 3. The molecule has 62 valence electrons. The molecule has 1 rings (SSSR count). The number of ether oxygens (including phenoxy) is 1. The second-order valence-electron chi connectivity index (χ2n) is 2.26. The zero-order valence-electron chi connectivity index (χ0n) is 6.63. The van der Waals surface area contributed by atoms with Crippen molar-refractivity contribution in [3.63, 3.8) is 0 Å². The molecule has 1 aliphatic rings. The van der Waals surface area contributed by atoms with E-state index in [0.717, 1.165) is 5.57 Å². The van der Waals surface area contributed by atoms with Crippen molar-refractivity contribution in [2.45, 2.75) is 0 Å². The topological polar surface area (TPSA) is 46.5 Å². The van der Waals surface area contributed by atoms with Crippen LogP contribution >= 0.6 is 0 Å². The van der Waals surface area contributed by atoms with Crippen LogP contribution in [-0.2, 0) is 9.53 Å². The third-order valence-corrected chi connectivity index (χ3v) is 1.34. The Morgan fingerprint density at radius 1 is 1.58 bits per heavy atom. The summed E-state index contributed by atoms with van der Waals surface area (Å²) < 4.78 is 4.83. The number of carboxylic acid groups (broad SMARTS) is 1. The first-order valence-electron chi connectivity index (χ1n) is 3.39. The van der Waals surface area contributed by atoms with Crippen molar-refractivity contribution in [2.24, 2.45) is 0 Å². The second-order valence-corrected chi connectivity index (χ2v) is 2.26. The van der Waals surface area contributed by atoms with Crippen molar-refractivity contribution in [3.8, 4) is 0 Å². The van der Waals surface area contributed by atoms with Crippen molar-refractivity contribution < 1.29 is 14.6 Å². The maximum absolute atomic E-state index is 10.4. The maximum Gasteiger partial charge on any atom is 0.344 e. The molecule has 0 aromatic rings. The lowest BCUT2D eigenvalue weighted by atomic mass is 10.1. The lowest BCUT2D eigenvalue weighted by Gasteiger charge is -1.98. The number of methoxy groups -OCH3 is 1. The Balaban J connectivity index is 2.93. The molecule has 3 nitrogen and oxygen atoms in total. The molecule has 0 aromatic heterocycles. The van der Waals surface area contributed by atoms with Crippen LogP contribution in [0.25, 0.3) is 0 Å². The van der Waals surface area contributed by atoms with Crippen molar-refractivity contribution >= 4 is 5.97 Å². The first-order valence-corrected chi connectivity index (χ1v) is 3.39. The summed E-state index contributed by atoms with van der Waals surface area (Å²) in [5.41, 5.74) is 6.12. The summed E-state index contributed by atoms with van der Waals surface area (Å²) >= 11 is 0. The first kappa shape index (κ1) is 8.57. The van der Waals surface area contributed by atoms with Gasteiger partial charge in [-0.3, -0.25) is 0 Å². The summed E-state index contributed by atoms with van der Waals surface area (Å²) in [5, 5.41) is 8.52. The molecule has 0 spiro atoms. The predicted molar refractivity (Wildman–Crippen MR) is 42.7 cm³/mol. The number of carbonyl (C=O) groups is 1. The second kappa shape index (κ2) is 3.74. The highest BCUT2D eigenvalue weighted by Crippen LogP contribution is 2.04. The summed E-state index contributed by atoms with van der Waals surface area (Å²) in [4.78, 5) is 10.4. The van der Waals surface area contributed by atoms with Crippen LogP contribution in [0.1, 0.15) is 0 Å². The normalized spacial score (nSPS) is 14.1. The minimum Gasteiger partial charge on any atom is -0.477 e. The molecule has 1 N–H and O–H groups in total. The van der Waals surface area contributed by atoms with E-state index in [9.17, 15) is 4.79 Å². The number of hydrogen-bond acceptors (Lipinski definition) is 2. The molecule has 0 atom stereocenters. The highest BCUT2D eigenvalue weighted by Gasteiger charge is 2.03. The largest absolute Gasteiger partial charge is 0.477 e. The van der Waals surface area contributed by atoms with Gasteiger partial charge >= 0.3 is 5.97 Å². The van der Waals surface area contributed by atoms with Gasteiger partial charge in [-0.05, 0) is 12.2 Å². The summed E-state index contributed by atoms with van der Waals surface area (Å²) in [7, 11) is 1.57. The Kier molecular flexibility index (Phi) is 2.67. The molecule has 3 heteroatoms. The summed E-state index contributed by atoms with van der Waals surface area (Å²) in [6, 6.07) is 0. The zero-order chi connectivity index (χ0) is 8.97. The van der Waals surface area contributed by atoms with Crippen LogP contribution in [0.2, 0.25) is 0 Å². The average Bonchev–Trinajstić information content (AvgIpc) is 2.06. The van der Waals surface area contributed by atoms with Crippen LogP contribution in [0.4, 0.5) is 0 Å². The molecule has 0 fully saturated rings. The quantitative estimate of drug-likeness (QED) is 0.630. The Morgan fingerprint density at radius 2 is 2.33 bits per heavy atom. The third-order valence-electron chi connectivity index (χ3n) is 1.34. The van der Waals surface area contributed by atoms with Crippen LogP contribution in [0.5, 0.6) is 0 Å². The van der Waals surface area contributed by atoms with Gasteiger partial charge in [0.2, 0.25) is 0 Å². The summed E-state index contributed by atoms with van der Waals surface area (Å²) in [6.45, 7) is 0.427. The number of hydrogen-bond donors (Lipinski definition) is 1. The van der Waals surface area contributed by atoms with Gasteiger partial charge in [-0.1, -0.05) is 11.5 Å². The van der Waals surface area contributed by atoms with Gasteiger partial charge in [0.15, 0.2) is 0 Å². The highest BCUT2D eigenvalue weighted by molar-refractivity contribution is 5.89. The fourth-order valence-corrected chi connectivity index (χ4v) is 0.779. The zero-order valence-corrected chi connectivity index (χ0v) is 6.63. The van der Waals surface area contributed by atoms with Crippen molar-refractivity contribution in [1.82, 2.24) is 0 Å². The van der Waals surface area contributed by atoms with Gasteiger partial charge in [-0.2, -0.15) is 0 Å². The van der Waals surface area contributed by atoms with Gasteiger partial charge in [-0.25, -0.2) is 4.79 Å². The molecule has 0 heterocycles. The number of carboxylic acids is 1. The van der Waals surface area contributed by atoms with Crippen molar-refractivity contribution in [2.75, 3.05) is 13.7 Å². The Labute approximate surface area is 70.0 Å².